The van der Waals surface area contributed by atoms with E-state index >= 15 is 0 Å². The first-order chi connectivity index (χ1) is 10.1. The van der Waals surface area contributed by atoms with E-state index in [2.05, 4.69) is 22.5 Å². The van der Waals surface area contributed by atoms with Gasteiger partial charge in [-0.2, -0.15) is 0 Å². The minimum atomic E-state index is 0.490. The summed E-state index contributed by atoms with van der Waals surface area (Å²) < 4.78 is 0. The van der Waals surface area contributed by atoms with E-state index < -0.39 is 0 Å². The minimum Gasteiger partial charge on any atom is -0.369 e. The number of aromatic nitrogens is 1. The Kier molecular flexibility index (Phi) is 5.97. The molecular weight excluding hydrogens is 329 g/mol. The maximum Gasteiger partial charge on any atom is 0.147 e. The van der Waals surface area contributed by atoms with E-state index in [1.165, 1.54) is 0 Å². The molecule has 0 radical (unpaired) electrons. The van der Waals surface area contributed by atoms with Crippen LogP contribution in [0, 0.1) is 0 Å². The molecule has 0 aliphatic rings. The lowest BCUT2D eigenvalue weighted by atomic mass is 10.2. The number of pyridine rings is 1. The van der Waals surface area contributed by atoms with Crippen LogP contribution in [0.25, 0.3) is 0 Å². The van der Waals surface area contributed by atoms with Crippen LogP contribution in [0.15, 0.2) is 30.3 Å². The highest BCUT2D eigenvalue weighted by Gasteiger charge is 2.09. The molecule has 2 N–H and O–H groups in total. The number of anilines is 2. The minimum absolute atomic E-state index is 0.490. The predicted octanol–water partition coefficient (Wildman–Crippen LogP) is 5.48. The molecule has 0 atom stereocenters. The van der Waals surface area contributed by atoms with Crippen molar-refractivity contribution < 1.29 is 0 Å². The predicted molar refractivity (Wildman–Crippen MR) is 91.8 cm³/mol. The van der Waals surface area contributed by atoms with E-state index in [-0.39, 0.29) is 0 Å². The molecule has 2 rings (SSSR count). The van der Waals surface area contributed by atoms with Gasteiger partial charge < -0.3 is 10.6 Å². The first-order valence-electron chi connectivity index (χ1n) is 6.68. The van der Waals surface area contributed by atoms with E-state index in [1.807, 2.05) is 24.3 Å². The molecular formula is C15H16Cl3N3. The van der Waals surface area contributed by atoms with Crippen molar-refractivity contribution in [3.63, 3.8) is 0 Å². The zero-order valence-electron chi connectivity index (χ0n) is 11.6. The van der Waals surface area contributed by atoms with Gasteiger partial charge in [-0.25, -0.2) is 4.98 Å². The topological polar surface area (TPSA) is 37.0 Å². The fourth-order valence-electron chi connectivity index (χ4n) is 1.79. The summed E-state index contributed by atoms with van der Waals surface area (Å²) in [5.74, 6) is 1.23. The van der Waals surface area contributed by atoms with Crippen molar-refractivity contribution in [1.82, 2.24) is 4.98 Å². The summed E-state index contributed by atoms with van der Waals surface area (Å²) in [6.45, 7) is 3.47. The SMILES string of the molecule is CCCNc1nc(NCc2cccc(Cl)c2)c(Cl)cc1Cl. The average molecular weight is 345 g/mol. The number of nitrogens with one attached hydrogen (secondary N) is 2. The second-order valence-corrected chi connectivity index (χ2v) is 5.81. The van der Waals surface area contributed by atoms with Crippen LogP contribution in [-0.4, -0.2) is 11.5 Å². The Morgan fingerprint density at radius 2 is 1.71 bits per heavy atom. The molecule has 3 nitrogen and oxygen atoms in total. The number of rotatable bonds is 6. The van der Waals surface area contributed by atoms with Gasteiger partial charge in [-0.3, -0.25) is 0 Å². The van der Waals surface area contributed by atoms with E-state index in [4.69, 9.17) is 34.8 Å². The fraction of sp³-hybridized carbons (Fsp3) is 0.267. The number of nitrogens with zero attached hydrogens (tertiary/aromatic N) is 1. The molecule has 0 bridgehead atoms. The van der Waals surface area contributed by atoms with Crippen molar-refractivity contribution in [2.24, 2.45) is 0 Å². The Balaban J connectivity index is 2.11. The lowest BCUT2D eigenvalue weighted by Crippen LogP contribution is -2.07. The van der Waals surface area contributed by atoms with Gasteiger partial charge in [-0.1, -0.05) is 53.9 Å². The Bertz CT molecular complexity index is 617. The second-order valence-electron chi connectivity index (χ2n) is 4.56. The number of benzene rings is 1. The third-order valence-corrected chi connectivity index (χ3v) is 3.63. The molecule has 0 unspecified atom stereocenters. The largest absolute Gasteiger partial charge is 0.369 e. The van der Waals surface area contributed by atoms with Crippen molar-refractivity contribution in [1.29, 1.82) is 0 Å². The van der Waals surface area contributed by atoms with Gasteiger partial charge in [0.25, 0.3) is 0 Å². The van der Waals surface area contributed by atoms with E-state index in [1.54, 1.807) is 6.07 Å². The highest BCUT2D eigenvalue weighted by molar-refractivity contribution is 6.37. The van der Waals surface area contributed by atoms with Gasteiger partial charge in [0, 0.05) is 18.1 Å². The van der Waals surface area contributed by atoms with Gasteiger partial charge in [0.2, 0.25) is 0 Å². The summed E-state index contributed by atoms with van der Waals surface area (Å²) in [5.41, 5.74) is 1.05. The number of hydrogen-bond acceptors (Lipinski definition) is 3. The van der Waals surface area contributed by atoms with Crippen molar-refractivity contribution in [2.45, 2.75) is 19.9 Å². The van der Waals surface area contributed by atoms with Crippen molar-refractivity contribution in [3.8, 4) is 0 Å². The molecule has 0 amide bonds. The Hall–Kier alpha value is -1.16. The molecule has 1 heterocycles. The van der Waals surface area contributed by atoms with Crippen LogP contribution in [-0.2, 0) is 6.54 Å². The average Bonchev–Trinajstić information content (AvgIpc) is 2.45. The number of halogens is 3. The smallest absolute Gasteiger partial charge is 0.147 e. The molecule has 1 aromatic heterocycles. The summed E-state index contributed by atoms with van der Waals surface area (Å²) in [5, 5.41) is 8.08. The molecule has 0 aliphatic heterocycles. The van der Waals surface area contributed by atoms with Crippen molar-refractivity contribution in [3.05, 3.63) is 51.0 Å². The standard InChI is InChI=1S/C15H16Cl3N3/c1-2-6-19-14-12(17)8-13(18)15(21-14)20-9-10-4-3-5-11(16)7-10/h3-5,7-8H,2,6,9H2,1H3,(H2,19,20,21). The van der Waals surface area contributed by atoms with Crippen molar-refractivity contribution in [2.75, 3.05) is 17.2 Å². The van der Waals surface area contributed by atoms with Gasteiger partial charge >= 0.3 is 0 Å². The summed E-state index contributed by atoms with van der Waals surface area (Å²) in [7, 11) is 0. The van der Waals surface area contributed by atoms with Gasteiger partial charge in [0.05, 0.1) is 10.0 Å². The molecule has 1 aromatic carbocycles. The van der Waals surface area contributed by atoms with E-state index in [0.717, 1.165) is 18.5 Å². The van der Waals surface area contributed by atoms with Crippen LogP contribution in [0.3, 0.4) is 0 Å². The monoisotopic (exact) mass is 343 g/mol. The summed E-state index contributed by atoms with van der Waals surface area (Å²) >= 11 is 18.3. The van der Waals surface area contributed by atoms with Crippen LogP contribution in [0.4, 0.5) is 11.6 Å². The fourth-order valence-corrected chi connectivity index (χ4v) is 2.50. The molecule has 0 spiro atoms. The third-order valence-electron chi connectivity index (χ3n) is 2.82. The van der Waals surface area contributed by atoms with E-state index in [0.29, 0.717) is 33.2 Å². The summed E-state index contributed by atoms with van der Waals surface area (Å²) in [4.78, 5) is 4.43. The first-order valence-corrected chi connectivity index (χ1v) is 7.81. The normalized spacial score (nSPS) is 10.5. The van der Waals surface area contributed by atoms with Crippen LogP contribution < -0.4 is 10.6 Å². The van der Waals surface area contributed by atoms with Crippen LogP contribution in [0.5, 0.6) is 0 Å². The lowest BCUT2D eigenvalue weighted by Gasteiger charge is -2.12. The summed E-state index contributed by atoms with van der Waals surface area (Å²) in [6, 6.07) is 9.32. The van der Waals surface area contributed by atoms with Gasteiger partial charge in [-0.05, 0) is 30.2 Å². The van der Waals surface area contributed by atoms with Gasteiger partial charge in [0.15, 0.2) is 0 Å². The molecule has 0 saturated carbocycles. The Morgan fingerprint density at radius 3 is 2.38 bits per heavy atom. The molecule has 21 heavy (non-hydrogen) atoms. The Labute approximate surface area is 139 Å². The maximum absolute atomic E-state index is 6.17. The maximum atomic E-state index is 6.17. The highest BCUT2D eigenvalue weighted by atomic mass is 35.5. The third kappa shape index (κ3) is 4.67. The zero-order valence-corrected chi connectivity index (χ0v) is 13.9. The van der Waals surface area contributed by atoms with E-state index in [9.17, 15) is 0 Å². The lowest BCUT2D eigenvalue weighted by molar-refractivity contribution is 0.968. The molecule has 112 valence electrons. The molecule has 0 saturated heterocycles. The molecule has 0 fully saturated rings. The summed E-state index contributed by atoms with van der Waals surface area (Å²) in [6.07, 6.45) is 0.992. The first kappa shape index (κ1) is 16.2. The van der Waals surface area contributed by atoms with Gasteiger partial charge in [0.1, 0.15) is 11.6 Å². The van der Waals surface area contributed by atoms with Crippen LogP contribution in [0.1, 0.15) is 18.9 Å². The van der Waals surface area contributed by atoms with Crippen LogP contribution >= 0.6 is 34.8 Å². The van der Waals surface area contributed by atoms with Crippen molar-refractivity contribution >= 4 is 46.4 Å². The number of hydrogen-bond donors (Lipinski definition) is 2. The zero-order chi connectivity index (χ0) is 15.2. The molecule has 0 aliphatic carbocycles. The quantitative estimate of drug-likeness (QED) is 0.729. The molecule has 6 heteroatoms. The Morgan fingerprint density at radius 1 is 1.00 bits per heavy atom. The highest BCUT2D eigenvalue weighted by Crippen LogP contribution is 2.29. The second kappa shape index (κ2) is 7.74. The van der Waals surface area contributed by atoms with Crippen LogP contribution in [0.2, 0.25) is 15.1 Å². The van der Waals surface area contributed by atoms with Gasteiger partial charge in [-0.15, -0.1) is 0 Å². The molecule has 2 aromatic rings.